The molecule has 192 valence electrons. The number of hydrogen-bond donors (Lipinski definition) is 3. The lowest BCUT2D eigenvalue weighted by Gasteiger charge is -2.28. The molecule has 0 aliphatic carbocycles. The maximum atomic E-state index is 14.1. The number of rotatable bonds is 7. The molecule has 0 bridgehead atoms. The van der Waals surface area contributed by atoms with Gasteiger partial charge in [0.25, 0.3) is 0 Å². The molecule has 2 amide bonds. The Bertz CT molecular complexity index is 964. The molecule has 1 fully saturated rings. The highest BCUT2D eigenvalue weighted by Gasteiger charge is 2.35. The highest BCUT2D eigenvalue weighted by Crippen LogP contribution is 2.23. The van der Waals surface area contributed by atoms with E-state index in [1.165, 1.54) is 18.2 Å². The molecule has 0 radical (unpaired) electrons. The van der Waals surface area contributed by atoms with Gasteiger partial charge in [0, 0.05) is 13.1 Å². The Labute approximate surface area is 201 Å². The molecular formula is C23H36FN3O6S. The number of nitrogens with zero attached hydrogens (tertiary/aromatic N) is 1. The molecule has 0 saturated carbocycles. The zero-order valence-electron chi connectivity index (χ0n) is 20.4. The van der Waals surface area contributed by atoms with E-state index in [0.29, 0.717) is 19.3 Å². The van der Waals surface area contributed by atoms with Gasteiger partial charge in [-0.1, -0.05) is 26.0 Å². The summed E-state index contributed by atoms with van der Waals surface area (Å²) in [5.41, 5.74) is -0.729. The van der Waals surface area contributed by atoms with Gasteiger partial charge in [-0.3, -0.25) is 4.79 Å². The van der Waals surface area contributed by atoms with Crippen LogP contribution in [0.25, 0.3) is 0 Å². The standard InChI is InChI=1S/C23H36FN3O6S/c1-15(2)13-18(26-22(30)33-23(3,4)5)21(29)25-17-10-8-12-27(14-19(17)28)34(31,32)20-11-7-6-9-16(20)24/h6-7,9,11,15,17-19,28H,8,10,12-14H2,1-5H3,(H,25,29)(H,26,30)/t17?,18?,19-/m0/s1. The Kier molecular flexibility index (Phi) is 9.44. The van der Waals surface area contributed by atoms with E-state index in [9.17, 15) is 27.5 Å². The second kappa shape index (κ2) is 11.5. The van der Waals surface area contributed by atoms with E-state index in [4.69, 9.17) is 4.74 Å². The van der Waals surface area contributed by atoms with E-state index >= 15 is 0 Å². The maximum absolute atomic E-state index is 14.1. The number of hydrogen-bond acceptors (Lipinski definition) is 6. The molecule has 34 heavy (non-hydrogen) atoms. The van der Waals surface area contributed by atoms with Crippen LogP contribution >= 0.6 is 0 Å². The highest BCUT2D eigenvalue weighted by atomic mass is 32.2. The van der Waals surface area contributed by atoms with Crippen LogP contribution in [0.4, 0.5) is 9.18 Å². The summed E-state index contributed by atoms with van der Waals surface area (Å²) in [5.74, 6) is -1.27. The summed E-state index contributed by atoms with van der Waals surface area (Å²) in [5, 5.41) is 16.1. The molecule has 3 atom stereocenters. The first-order valence-corrected chi connectivity index (χ1v) is 12.9. The number of carbonyl (C=O) groups excluding carboxylic acids is 2. The van der Waals surface area contributed by atoms with Crippen molar-refractivity contribution in [1.82, 2.24) is 14.9 Å². The number of alkyl carbamates (subject to hydrolysis) is 1. The topological polar surface area (TPSA) is 125 Å². The number of aliphatic hydroxyl groups is 1. The minimum absolute atomic E-state index is 0.0751. The fourth-order valence-corrected chi connectivity index (χ4v) is 5.28. The number of sulfonamides is 1. The largest absolute Gasteiger partial charge is 0.444 e. The third-order valence-corrected chi connectivity index (χ3v) is 7.17. The summed E-state index contributed by atoms with van der Waals surface area (Å²) in [6, 6.07) is 3.46. The van der Waals surface area contributed by atoms with E-state index in [0.717, 1.165) is 10.4 Å². The van der Waals surface area contributed by atoms with Gasteiger partial charge in [0.2, 0.25) is 15.9 Å². The van der Waals surface area contributed by atoms with Gasteiger partial charge in [-0.15, -0.1) is 0 Å². The van der Waals surface area contributed by atoms with Crippen molar-refractivity contribution < 1.29 is 32.2 Å². The van der Waals surface area contributed by atoms with Crippen LogP contribution in [-0.4, -0.2) is 66.7 Å². The predicted octanol–water partition coefficient (Wildman–Crippen LogP) is 2.40. The number of amides is 2. The summed E-state index contributed by atoms with van der Waals surface area (Å²) in [4.78, 5) is 24.7. The van der Waals surface area contributed by atoms with Crippen molar-refractivity contribution in [3.05, 3.63) is 30.1 Å². The van der Waals surface area contributed by atoms with E-state index in [1.807, 2.05) is 13.8 Å². The number of benzene rings is 1. The quantitative estimate of drug-likeness (QED) is 0.527. The normalized spacial score (nSPS) is 20.9. The molecule has 3 N–H and O–H groups in total. The molecule has 11 heteroatoms. The molecule has 1 aliphatic heterocycles. The van der Waals surface area contributed by atoms with E-state index in [1.54, 1.807) is 20.8 Å². The summed E-state index contributed by atoms with van der Waals surface area (Å²) in [6.45, 7) is 8.74. The van der Waals surface area contributed by atoms with Gasteiger partial charge >= 0.3 is 6.09 Å². The van der Waals surface area contributed by atoms with Crippen LogP contribution in [0.2, 0.25) is 0 Å². The Morgan fingerprint density at radius 2 is 1.91 bits per heavy atom. The Balaban J connectivity index is 2.10. The monoisotopic (exact) mass is 501 g/mol. The van der Waals surface area contributed by atoms with Gasteiger partial charge in [0.05, 0.1) is 12.1 Å². The van der Waals surface area contributed by atoms with E-state index in [2.05, 4.69) is 10.6 Å². The van der Waals surface area contributed by atoms with Gasteiger partial charge in [0.1, 0.15) is 22.4 Å². The lowest BCUT2D eigenvalue weighted by Crippen LogP contribution is -2.54. The molecule has 0 spiro atoms. The van der Waals surface area contributed by atoms with Gasteiger partial charge in [-0.2, -0.15) is 4.31 Å². The van der Waals surface area contributed by atoms with Gasteiger partial charge in [-0.25, -0.2) is 17.6 Å². The van der Waals surface area contributed by atoms with E-state index < -0.39 is 56.5 Å². The smallest absolute Gasteiger partial charge is 0.408 e. The van der Waals surface area contributed by atoms with E-state index in [-0.39, 0.29) is 19.0 Å². The lowest BCUT2D eigenvalue weighted by molar-refractivity contribution is -0.125. The minimum atomic E-state index is -4.15. The Morgan fingerprint density at radius 1 is 1.26 bits per heavy atom. The van der Waals surface area contributed by atoms with Gasteiger partial charge in [0.15, 0.2) is 0 Å². The number of carbonyl (C=O) groups is 2. The SMILES string of the molecule is CC(C)CC(NC(=O)OC(C)(C)C)C(=O)NC1CCCN(S(=O)(=O)c2ccccc2F)C[C@@H]1O. The van der Waals surface area contributed by atoms with Crippen molar-refractivity contribution in [2.75, 3.05) is 13.1 Å². The van der Waals surface area contributed by atoms with Crippen LogP contribution < -0.4 is 10.6 Å². The first kappa shape index (κ1) is 28.0. The summed E-state index contributed by atoms with van der Waals surface area (Å²) < 4.78 is 46.3. The van der Waals surface area contributed by atoms with Crippen LogP contribution in [0.1, 0.15) is 53.9 Å². The van der Waals surface area contributed by atoms with Crippen LogP contribution in [-0.2, 0) is 19.6 Å². The molecule has 2 unspecified atom stereocenters. The molecule has 1 aromatic rings. The number of halogens is 1. The van der Waals surface area contributed by atoms with Crippen LogP contribution in [0.5, 0.6) is 0 Å². The third-order valence-electron chi connectivity index (χ3n) is 5.27. The van der Waals surface area contributed by atoms with Crippen LogP contribution in [0.3, 0.4) is 0 Å². The van der Waals surface area contributed by atoms with Crippen molar-refractivity contribution in [2.24, 2.45) is 5.92 Å². The predicted molar refractivity (Wildman–Crippen MR) is 125 cm³/mol. The van der Waals surface area contributed by atoms with Crippen molar-refractivity contribution in [2.45, 2.75) is 82.6 Å². The first-order valence-electron chi connectivity index (χ1n) is 11.4. The molecule has 1 heterocycles. The second-order valence-electron chi connectivity index (χ2n) is 9.95. The number of ether oxygens (including phenoxy) is 1. The van der Waals surface area contributed by atoms with Crippen LogP contribution in [0, 0.1) is 11.7 Å². The number of β-amino-alcohol motifs (C(OH)–C–C–N with tert-alkyl or cyclic N) is 1. The zero-order chi connectivity index (χ0) is 25.7. The highest BCUT2D eigenvalue weighted by molar-refractivity contribution is 7.89. The zero-order valence-corrected chi connectivity index (χ0v) is 21.2. The number of aliphatic hydroxyl groups excluding tert-OH is 1. The average Bonchev–Trinajstić information content (AvgIpc) is 2.88. The second-order valence-corrected chi connectivity index (χ2v) is 11.9. The fraction of sp³-hybridized carbons (Fsp3) is 0.652. The summed E-state index contributed by atoms with van der Waals surface area (Å²) in [6.07, 6.45) is -0.922. The summed E-state index contributed by atoms with van der Waals surface area (Å²) in [7, 11) is -4.15. The van der Waals surface area contributed by atoms with Crippen molar-refractivity contribution in [1.29, 1.82) is 0 Å². The molecule has 1 aliphatic rings. The van der Waals surface area contributed by atoms with Crippen molar-refractivity contribution in [3.63, 3.8) is 0 Å². The van der Waals surface area contributed by atoms with Gasteiger partial charge in [-0.05, 0) is 58.1 Å². The van der Waals surface area contributed by atoms with Gasteiger partial charge < -0.3 is 20.5 Å². The molecule has 1 saturated heterocycles. The molecule has 0 aromatic heterocycles. The van der Waals surface area contributed by atoms with Crippen molar-refractivity contribution >= 4 is 22.0 Å². The summed E-state index contributed by atoms with van der Waals surface area (Å²) >= 11 is 0. The molecule has 9 nitrogen and oxygen atoms in total. The number of nitrogens with one attached hydrogen (secondary N) is 2. The third kappa shape index (κ3) is 7.92. The Hall–Kier alpha value is -2.24. The molecule has 2 rings (SSSR count). The van der Waals surface area contributed by atoms with Crippen molar-refractivity contribution in [3.8, 4) is 0 Å². The first-order chi connectivity index (χ1) is 15.7. The Morgan fingerprint density at radius 3 is 2.50 bits per heavy atom. The molecular weight excluding hydrogens is 465 g/mol. The maximum Gasteiger partial charge on any atom is 0.408 e. The minimum Gasteiger partial charge on any atom is -0.444 e. The lowest BCUT2D eigenvalue weighted by atomic mass is 10.0. The molecule has 1 aromatic carbocycles. The fourth-order valence-electron chi connectivity index (χ4n) is 3.72. The average molecular weight is 502 g/mol. The van der Waals surface area contributed by atoms with Crippen LogP contribution in [0.15, 0.2) is 29.2 Å².